The van der Waals surface area contributed by atoms with Gasteiger partial charge in [-0.2, -0.15) is 0 Å². The van der Waals surface area contributed by atoms with Crippen LogP contribution in [-0.2, 0) is 9.53 Å². The van der Waals surface area contributed by atoms with Crippen LogP contribution < -0.4 is 5.32 Å². The fraction of sp³-hybridized carbons (Fsp3) is 0.938. The van der Waals surface area contributed by atoms with Gasteiger partial charge in [0.15, 0.2) is 0 Å². The molecule has 2 saturated carbocycles. The van der Waals surface area contributed by atoms with Crippen molar-refractivity contribution < 1.29 is 14.6 Å². The Labute approximate surface area is 122 Å². The third kappa shape index (κ3) is 3.17. The van der Waals surface area contributed by atoms with Crippen molar-refractivity contribution in [1.82, 2.24) is 5.32 Å². The van der Waals surface area contributed by atoms with Gasteiger partial charge in [-0.25, -0.2) is 0 Å². The maximum atomic E-state index is 11.6. The molecular weight excluding hydrogens is 254 g/mol. The smallest absolute Gasteiger partial charge is 0.324 e. The number of carbonyl (C=O) groups is 1. The van der Waals surface area contributed by atoms with Crippen molar-refractivity contribution in [3.8, 4) is 0 Å². The van der Waals surface area contributed by atoms with E-state index in [1.54, 1.807) is 7.05 Å². The maximum Gasteiger partial charge on any atom is 0.324 e. The van der Waals surface area contributed by atoms with Crippen LogP contribution in [0.3, 0.4) is 0 Å². The van der Waals surface area contributed by atoms with Crippen molar-refractivity contribution in [2.45, 2.75) is 69.9 Å². The second-order valence-electron chi connectivity index (χ2n) is 6.58. The number of ether oxygens (including phenoxy) is 1. The Morgan fingerprint density at radius 3 is 2.70 bits per heavy atom. The summed E-state index contributed by atoms with van der Waals surface area (Å²) in [5.74, 6) is 0.151. The SMILES string of the molecule is CNC1(C(=O)O)CCCC1CCOC1CCCCC1C. The van der Waals surface area contributed by atoms with Gasteiger partial charge < -0.3 is 15.2 Å². The Morgan fingerprint density at radius 1 is 1.30 bits per heavy atom. The Morgan fingerprint density at radius 2 is 2.05 bits per heavy atom. The fourth-order valence-corrected chi connectivity index (χ4v) is 4.08. The van der Waals surface area contributed by atoms with Crippen molar-refractivity contribution in [1.29, 1.82) is 0 Å². The van der Waals surface area contributed by atoms with Gasteiger partial charge in [-0.1, -0.05) is 26.2 Å². The van der Waals surface area contributed by atoms with Crippen molar-refractivity contribution in [2.75, 3.05) is 13.7 Å². The molecule has 0 radical (unpaired) electrons. The lowest BCUT2D eigenvalue weighted by Crippen LogP contribution is -2.53. The summed E-state index contributed by atoms with van der Waals surface area (Å²) in [5.41, 5.74) is -0.721. The van der Waals surface area contributed by atoms with Gasteiger partial charge in [0.1, 0.15) is 5.54 Å². The van der Waals surface area contributed by atoms with Gasteiger partial charge >= 0.3 is 5.97 Å². The van der Waals surface area contributed by atoms with Crippen LogP contribution in [0.5, 0.6) is 0 Å². The van der Waals surface area contributed by atoms with Crippen LogP contribution in [0, 0.1) is 11.8 Å². The van der Waals surface area contributed by atoms with E-state index in [1.807, 2.05) is 0 Å². The molecule has 2 N–H and O–H groups in total. The highest BCUT2D eigenvalue weighted by Gasteiger charge is 2.47. The quantitative estimate of drug-likeness (QED) is 0.787. The van der Waals surface area contributed by atoms with E-state index in [0.29, 0.717) is 18.6 Å². The molecule has 4 unspecified atom stereocenters. The highest BCUT2D eigenvalue weighted by molar-refractivity contribution is 5.79. The van der Waals surface area contributed by atoms with E-state index >= 15 is 0 Å². The topological polar surface area (TPSA) is 58.6 Å². The highest BCUT2D eigenvalue weighted by atomic mass is 16.5. The van der Waals surface area contributed by atoms with E-state index in [0.717, 1.165) is 25.7 Å². The molecule has 116 valence electrons. The van der Waals surface area contributed by atoms with E-state index in [4.69, 9.17) is 4.74 Å². The third-order valence-electron chi connectivity index (χ3n) is 5.48. The van der Waals surface area contributed by atoms with Gasteiger partial charge in [-0.05, 0) is 51.0 Å². The molecule has 2 fully saturated rings. The van der Waals surface area contributed by atoms with Crippen LogP contribution in [0.25, 0.3) is 0 Å². The van der Waals surface area contributed by atoms with Crippen molar-refractivity contribution >= 4 is 5.97 Å². The van der Waals surface area contributed by atoms with E-state index in [9.17, 15) is 9.90 Å². The molecule has 0 amide bonds. The van der Waals surface area contributed by atoms with Crippen LogP contribution in [0.2, 0.25) is 0 Å². The van der Waals surface area contributed by atoms with Crippen LogP contribution in [0.15, 0.2) is 0 Å². The average Bonchev–Trinajstić information content (AvgIpc) is 2.85. The normalized spacial score (nSPS) is 38.0. The third-order valence-corrected chi connectivity index (χ3v) is 5.48. The first-order chi connectivity index (χ1) is 9.60. The van der Waals surface area contributed by atoms with Crippen molar-refractivity contribution in [2.24, 2.45) is 11.8 Å². The molecule has 0 bridgehead atoms. The Hall–Kier alpha value is -0.610. The van der Waals surface area contributed by atoms with Crippen LogP contribution in [0.1, 0.15) is 58.3 Å². The summed E-state index contributed by atoms with van der Waals surface area (Å²) in [7, 11) is 1.77. The molecule has 0 aromatic carbocycles. The molecular formula is C16H29NO3. The number of hydrogen-bond acceptors (Lipinski definition) is 3. The predicted octanol–water partition coefficient (Wildman–Crippen LogP) is 2.81. The monoisotopic (exact) mass is 283 g/mol. The number of carboxylic acid groups (broad SMARTS) is 1. The molecule has 0 spiro atoms. The number of carboxylic acids is 1. The van der Waals surface area contributed by atoms with Crippen LogP contribution in [0.4, 0.5) is 0 Å². The minimum absolute atomic E-state index is 0.198. The van der Waals surface area contributed by atoms with Gasteiger partial charge in [-0.15, -0.1) is 0 Å². The first-order valence-corrected chi connectivity index (χ1v) is 8.14. The zero-order valence-corrected chi connectivity index (χ0v) is 12.9. The Balaban J connectivity index is 1.82. The summed E-state index contributed by atoms with van der Waals surface area (Å²) in [6, 6.07) is 0. The van der Waals surface area contributed by atoms with E-state index in [2.05, 4.69) is 12.2 Å². The highest BCUT2D eigenvalue weighted by Crippen LogP contribution is 2.38. The van der Waals surface area contributed by atoms with Gasteiger partial charge in [0, 0.05) is 6.61 Å². The molecule has 2 aliphatic rings. The maximum absolute atomic E-state index is 11.6. The summed E-state index contributed by atoms with van der Waals surface area (Å²) in [4.78, 5) is 11.6. The molecule has 0 aromatic rings. The summed E-state index contributed by atoms with van der Waals surface area (Å²) in [6.07, 6.45) is 9.01. The second kappa shape index (κ2) is 6.90. The molecule has 0 aromatic heterocycles. The van der Waals surface area contributed by atoms with Gasteiger partial charge in [0.2, 0.25) is 0 Å². The molecule has 2 rings (SSSR count). The summed E-state index contributed by atoms with van der Waals surface area (Å²) < 4.78 is 6.05. The lowest BCUT2D eigenvalue weighted by atomic mass is 9.84. The van der Waals surface area contributed by atoms with Crippen molar-refractivity contribution in [3.63, 3.8) is 0 Å². The molecule has 4 nitrogen and oxygen atoms in total. The first-order valence-electron chi connectivity index (χ1n) is 8.14. The first kappa shape index (κ1) is 15.8. The molecule has 4 heteroatoms. The molecule has 0 heterocycles. The predicted molar refractivity (Wildman–Crippen MR) is 78.8 cm³/mol. The number of hydrogen-bond donors (Lipinski definition) is 2. The second-order valence-corrected chi connectivity index (χ2v) is 6.58. The van der Waals surface area contributed by atoms with Gasteiger partial charge in [-0.3, -0.25) is 4.79 Å². The van der Waals surface area contributed by atoms with Crippen LogP contribution >= 0.6 is 0 Å². The van der Waals surface area contributed by atoms with Crippen molar-refractivity contribution in [3.05, 3.63) is 0 Å². The number of likely N-dealkylation sites (N-methyl/N-ethyl adjacent to an activating group) is 1. The fourth-order valence-electron chi connectivity index (χ4n) is 4.08. The number of aliphatic carboxylic acids is 1. The summed E-state index contributed by atoms with van der Waals surface area (Å²) in [5, 5.41) is 12.6. The van der Waals surface area contributed by atoms with Crippen LogP contribution in [-0.4, -0.2) is 36.4 Å². The minimum Gasteiger partial charge on any atom is -0.480 e. The van der Waals surface area contributed by atoms with E-state index < -0.39 is 11.5 Å². The Kier molecular flexibility index (Phi) is 5.44. The zero-order valence-electron chi connectivity index (χ0n) is 12.9. The molecule has 0 aliphatic heterocycles. The van der Waals surface area contributed by atoms with E-state index in [-0.39, 0.29) is 5.92 Å². The average molecular weight is 283 g/mol. The summed E-state index contributed by atoms with van der Waals surface area (Å²) in [6.45, 7) is 2.98. The molecule has 2 aliphatic carbocycles. The standard InChI is InChI=1S/C16H29NO3/c1-12-6-3-4-8-14(12)20-11-9-13-7-5-10-16(13,17-2)15(18)19/h12-14,17H,3-11H2,1-2H3,(H,18,19). The zero-order chi connectivity index (χ0) is 14.6. The number of rotatable bonds is 6. The lowest BCUT2D eigenvalue weighted by molar-refractivity contribution is -0.146. The van der Waals surface area contributed by atoms with Gasteiger partial charge in [0.25, 0.3) is 0 Å². The molecule has 0 saturated heterocycles. The van der Waals surface area contributed by atoms with Gasteiger partial charge in [0.05, 0.1) is 6.10 Å². The Bertz CT molecular complexity index is 334. The largest absolute Gasteiger partial charge is 0.480 e. The number of nitrogens with one attached hydrogen (secondary N) is 1. The molecule has 4 atom stereocenters. The minimum atomic E-state index is -0.721. The summed E-state index contributed by atoms with van der Waals surface area (Å²) >= 11 is 0. The van der Waals surface area contributed by atoms with E-state index in [1.165, 1.54) is 25.7 Å². The lowest BCUT2D eigenvalue weighted by Gasteiger charge is -2.33. The molecule has 20 heavy (non-hydrogen) atoms.